The molecule has 1 saturated carbocycles. The Hall–Kier alpha value is -2.57. The first-order chi connectivity index (χ1) is 22.2. The van der Waals surface area contributed by atoms with Gasteiger partial charge in [-0.05, 0) is 79.1 Å². The van der Waals surface area contributed by atoms with Crippen LogP contribution < -0.4 is 5.32 Å². The molecule has 47 heavy (non-hydrogen) atoms. The van der Waals surface area contributed by atoms with Crippen LogP contribution in [0.25, 0.3) is 0 Å². The zero-order chi connectivity index (χ0) is 33.8. The summed E-state index contributed by atoms with van der Waals surface area (Å²) in [5, 5.41) is 15.6. The largest absolute Gasteiger partial charge is 0.384 e. The maximum atomic E-state index is 16.9. The van der Waals surface area contributed by atoms with Gasteiger partial charge in [0.15, 0.2) is 15.6 Å². The minimum Gasteiger partial charge on any atom is -0.384 e. The van der Waals surface area contributed by atoms with Crippen LogP contribution in [-0.4, -0.2) is 74.8 Å². The van der Waals surface area contributed by atoms with Crippen molar-refractivity contribution in [2.75, 3.05) is 45.6 Å². The summed E-state index contributed by atoms with van der Waals surface area (Å²) in [5.41, 5.74) is -2.23. The van der Waals surface area contributed by atoms with E-state index in [-0.39, 0.29) is 51.7 Å². The number of sulfone groups is 1. The number of amides is 1. The third-order valence-electron chi connectivity index (χ3n) is 9.93. The van der Waals surface area contributed by atoms with Gasteiger partial charge in [-0.15, -0.1) is 0 Å². The Labute approximate surface area is 285 Å². The van der Waals surface area contributed by atoms with Crippen LogP contribution in [-0.2, 0) is 32.4 Å². The Kier molecular flexibility index (Phi) is 9.28. The average Bonchev–Trinajstić information content (AvgIpc) is 3.77. The maximum absolute atomic E-state index is 16.9. The van der Waals surface area contributed by atoms with Crippen LogP contribution in [0.1, 0.15) is 65.7 Å². The van der Waals surface area contributed by atoms with Crippen LogP contribution in [0.2, 0.25) is 10.0 Å². The minimum atomic E-state index is -3.76. The second-order valence-corrected chi connectivity index (χ2v) is 16.2. The monoisotopic (exact) mass is 703 g/mol. The number of benzene rings is 3. The average molecular weight is 705 g/mol. The van der Waals surface area contributed by atoms with Crippen LogP contribution in [0.3, 0.4) is 0 Å². The van der Waals surface area contributed by atoms with Gasteiger partial charge in [0.2, 0.25) is 0 Å². The summed E-state index contributed by atoms with van der Waals surface area (Å²) >= 11 is 12.5. The number of ether oxygens (including phenoxy) is 1. The first-order valence-corrected chi connectivity index (χ1v) is 18.5. The number of aliphatic hydroxyl groups is 1. The molecule has 252 valence electrons. The Morgan fingerprint density at radius 3 is 2.32 bits per heavy atom. The van der Waals surface area contributed by atoms with Crippen molar-refractivity contribution in [3.8, 4) is 0 Å². The molecule has 1 aliphatic carbocycles. The van der Waals surface area contributed by atoms with Crippen molar-refractivity contribution in [1.82, 2.24) is 15.1 Å². The number of piperazine rings is 1. The van der Waals surface area contributed by atoms with E-state index in [9.17, 15) is 18.3 Å². The molecule has 0 aromatic heterocycles. The Bertz CT molecular complexity index is 1790. The van der Waals surface area contributed by atoms with Gasteiger partial charge in [0, 0.05) is 54.6 Å². The van der Waals surface area contributed by atoms with Crippen molar-refractivity contribution in [3.05, 3.63) is 98.3 Å². The lowest BCUT2D eigenvalue weighted by atomic mass is 9.87. The number of nitrogens with zero attached hydrogens (tertiary/aromatic N) is 2. The Morgan fingerprint density at radius 1 is 1.04 bits per heavy atom. The molecule has 2 atom stereocenters. The number of halogens is 3. The summed E-state index contributed by atoms with van der Waals surface area (Å²) in [6.45, 7) is 7.00. The third kappa shape index (κ3) is 6.58. The molecule has 6 rings (SSSR count). The highest BCUT2D eigenvalue weighted by molar-refractivity contribution is 7.90. The smallest absolute Gasteiger partial charge is 0.257 e. The molecular weight excluding hydrogens is 664 g/mol. The fourth-order valence-electron chi connectivity index (χ4n) is 6.85. The van der Waals surface area contributed by atoms with Crippen molar-refractivity contribution in [2.24, 2.45) is 5.41 Å². The van der Waals surface area contributed by atoms with Crippen LogP contribution in [0.5, 0.6) is 0 Å². The van der Waals surface area contributed by atoms with Crippen LogP contribution in [0.4, 0.5) is 4.39 Å². The van der Waals surface area contributed by atoms with E-state index in [1.165, 1.54) is 17.0 Å². The number of hydrogen-bond donors (Lipinski definition) is 2. The molecule has 0 spiro atoms. The number of hydrogen-bond acceptors (Lipinski definition) is 7. The molecule has 1 amide bonds. The first-order valence-electron chi connectivity index (χ1n) is 15.9. The third-order valence-corrected chi connectivity index (χ3v) is 11.6. The van der Waals surface area contributed by atoms with Gasteiger partial charge in [0.1, 0.15) is 5.82 Å². The van der Waals surface area contributed by atoms with E-state index in [1.807, 2.05) is 0 Å². The molecule has 3 aliphatic rings. The molecule has 2 N–H and O–H groups in total. The molecule has 1 saturated heterocycles. The predicted molar refractivity (Wildman–Crippen MR) is 180 cm³/mol. The maximum Gasteiger partial charge on any atom is 0.257 e. The number of carbonyl (C=O) groups excluding carboxylic acids is 1. The Morgan fingerprint density at radius 2 is 1.70 bits per heavy atom. The van der Waals surface area contributed by atoms with Crippen LogP contribution in [0, 0.1) is 11.2 Å². The molecule has 2 heterocycles. The number of nitrogens with one attached hydrogen (secondary N) is 1. The highest BCUT2D eigenvalue weighted by Crippen LogP contribution is 2.54. The van der Waals surface area contributed by atoms with E-state index in [2.05, 4.69) is 17.1 Å². The molecular formula is C35H40Cl2FN3O5S. The summed E-state index contributed by atoms with van der Waals surface area (Å²) < 4.78 is 49.6. The van der Waals surface area contributed by atoms with Gasteiger partial charge in [-0.1, -0.05) is 48.3 Å². The fourth-order valence-corrected chi connectivity index (χ4v) is 8.16. The first kappa shape index (κ1) is 34.3. The number of rotatable bonds is 11. The lowest BCUT2D eigenvalue weighted by Crippen LogP contribution is -2.48. The summed E-state index contributed by atoms with van der Waals surface area (Å²) in [7, 11) is -3.76. The van der Waals surface area contributed by atoms with Crippen molar-refractivity contribution >= 4 is 38.9 Å². The van der Waals surface area contributed by atoms with Gasteiger partial charge < -0.3 is 15.2 Å². The summed E-state index contributed by atoms with van der Waals surface area (Å²) in [6, 6.07) is 14.1. The van der Waals surface area contributed by atoms with E-state index in [0.29, 0.717) is 16.1 Å². The van der Waals surface area contributed by atoms with Gasteiger partial charge in [-0.2, -0.15) is 0 Å². The molecule has 1 unspecified atom stereocenters. The number of β-amino-alcohol motifs (C(OH)–C–C–N with tert-alkyl or cyclic N) is 1. The molecule has 12 heteroatoms. The zero-order valence-corrected chi connectivity index (χ0v) is 29.1. The topological polar surface area (TPSA) is 99.2 Å². The molecule has 0 radical (unpaired) electrons. The molecule has 3 aromatic carbocycles. The standard InChI is InChI=1S/C35H40Cl2FN3O5S/c1-4-34(11-12-34)22-46-35(24-6-9-26(36)10-7-24)31-28(17-25(18-29(31)38)33(2,43)21-40-15-13-39-14-16-40)32(42)41(35)20-23-5-8-27(37)19-30(23)47(3,44)45/h5-10,17-19,39,43H,4,11-16,20-22H2,1-3H3/t33?,35-/m1/s1. The van der Waals surface area contributed by atoms with Gasteiger partial charge in [-0.3, -0.25) is 14.6 Å². The van der Waals surface area contributed by atoms with E-state index in [4.69, 9.17) is 27.9 Å². The van der Waals surface area contributed by atoms with Gasteiger partial charge in [0.25, 0.3) is 5.91 Å². The summed E-state index contributed by atoms with van der Waals surface area (Å²) in [4.78, 5) is 18.2. The highest BCUT2D eigenvalue weighted by atomic mass is 35.5. The second-order valence-electron chi connectivity index (χ2n) is 13.4. The van der Waals surface area contributed by atoms with E-state index >= 15 is 4.39 Å². The van der Waals surface area contributed by atoms with Gasteiger partial charge in [0.05, 0.1) is 34.8 Å². The van der Waals surface area contributed by atoms with E-state index in [0.717, 1.165) is 51.7 Å². The van der Waals surface area contributed by atoms with Gasteiger partial charge >= 0.3 is 0 Å². The van der Waals surface area contributed by atoms with Crippen molar-refractivity contribution < 1.29 is 27.4 Å². The van der Waals surface area contributed by atoms with Crippen molar-refractivity contribution in [1.29, 1.82) is 0 Å². The molecule has 0 bridgehead atoms. The lowest BCUT2D eigenvalue weighted by molar-refractivity contribution is -0.127. The summed E-state index contributed by atoms with van der Waals surface area (Å²) in [6.07, 6.45) is 3.80. The lowest BCUT2D eigenvalue weighted by Gasteiger charge is -2.41. The fraction of sp³-hybridized carbons (Fsp3) is 0.457. The number of fused-ring (bicyclic) bond motifs is 1. The second kappa shape index (κ2) is 12.7. The van der Waals surface area contributed by atoms with Crippen LogP contribution in [0.15, 0.2) is 59.5 Å². The zero-order valence-electron chi connectivity index (χ0n) is 26.8. The Balaban J connectivity index is 1.54. The molecule has 2 fully saturated rings. The molecule has 3 aromatic rings. The van der Waals surface area contributed by atoms with Crippen molar-refractivity contribution in [2.45, 2.75) is 55.9 Å². The minimum absolute atomic E-state index is 0.0216. The SMILES string of the molecule is CCC1(CO[C@]2(c3ccc(Cl)cc3)c3c(F)cc(C(C)(O)CN4CCNCC4)cc3C(=O)N2Cc2ccc(Cl)cc2S(C)(=O)=O)CC1. The quantitative estimate of drug-likeness (QED) is 0.264. The molecule has 8 nitrogen and oxygen atoms in total. The van der Waals surface area contributed by atoms with Crippen molar-refractivity contribution in [3.63, 3.8) is 0 Å². The van der Waals surface area contributed by atoms with E-state index < -0.39 is 32.9 Å². The number of carbonyl (C=O) groups is 1. The highest BCUT2D eigenvalue weighted by Gasteiger charge is 2.56. The summed E-state index contributed by atoms with van der Waals surface area (Å²) in [5.74, 6) is -1.26. The predicted octanol–water partition coefficient (Wildman–Crippen LogP) is 5.71. The normalized spacial score (nSPS) is 22.3. The van der Waals surface area contributed by atoms with Crippen LogP contribution >= 0.6 is 23.2 Å². The van der Waals surface area contributed by atoms with E-state index in [1.54, 1.807) is 49.4 Å². The molecule has 2 aliphatic heterocycles. The van der Waals surface area contributed by atoms with Gasteiger partial charge in [-0.25, -0.2) is 12.8 Å².